The van der Waals surface area contributed by atoms with Gasteiger partial charge in [0.15, 0.2) is 0 Å². The van der Waals surface area contributed by atoms with Gasteiger partial charge in [0.25, 0.3) is 0 Å². The van der Waals surface area contributed by atoms with Crippen molar-refractivity contribution in [2.45, 2.75) is 73.0 Å². The van der Waals surface area contributed by atoms with Crippen molar-refractivity contribution in [3.8, 4) is 0 Å². The van der Waals surface area contributed by atoms with Crippen LogP contribution in [0.5, 0.6) is 0 Å². The summed E-state index contributed by atoms with van der Waals surface area (Å²) in [4.78, 5) is 0. The molecule has 0 amide bonds. The molecule has 0 bridgehead atoms. The lowest BCUT2D eigenvalue weighted by atomic mass is 9.72. The van der Waals surface area contributed by atoms with Crippen molar-refractivity contribution in [1.82, 2.24) is 0 Å². The van der Waals surface area contributed by atoms with Gasteiger partial charge in [-0.15, -0.1) is 0 Å². The normalized spacial score (nSPS) is 22.5. The van der Waals surface area contributed by atoms with E-state index in [0.29, 0.717) is 11.5 Å². The fraction of sp³-hybridized carbons (Fsp3) is 0.750. The van der Waals surface area contributed by atoms with Gasteiger partial charge in [-0.25, -0.2) is 0 Å². The fourth-order valence-electron chi connectivity index (χ4n) is 2.72. The van der Waals surface area contributed by atoms with Crippen molar-refractivity contribution in [1.29, 1.82) is 0 Å². The maximum absolute atomic E-state index is 5.74. The summed E-state index contributed by atoms with van der Waals surface area (Å²) in [6.07, 6.45) is 8.87. The van der Waals surface area contributed by atoms with Crippen LogP contribution in [0.1, 0.15) is 60.8 Å². The van der Waals surface area contributed by atoms with Gasteiger partial charge in [-0.2, -0.15) is 0 Å². The molecule has 1 unspecified atom stereocenters. The Hall–Kier alpha value is -0.560. The Labute approximate surface area is 107 Å². The van der Waals surface area contributed by atoms with E-state index in [4.69, 9.17) is 4.74 Å². The highest BCUT2D eigenvalue weighted by Gasteiger charge is 2.26. The summed E-state index contributed by atoms with van der Waals surface area (Å²) >= 11 is 0. The molecule has 17 heavy (non-hydrogen) atoms. The van der Waals surface area contributed by atoms with Crippen LogP contribution in [-0.4, -0.2) is 12.2 Å². The van der Waals surface area contributed by atoms with Crippen LogP contribution in [0.4, 0.5) is 0 Å². The number of hydrogen-bond donors (Lipinski definition) is 0. The molecule has 0 fully saturated rings. The Balaban J connectivity index is 2.74. The van der Waals surface area contributed by atoms with Crippen LogP contribution in [0.15, 0.2) is 23.3 Å². The van der Waals surface area contributed by atoms with E-state index in [-0.39, 0.29) is 6.10 Å². The summed E-state index contributed by atoms with van der Waals surface area (Å²) in [6, 6.07) is 0. The van der Waals surface area contributed by atoms with Crippen LogP contribution >= 0.6 is 0 Å². The minimum Gasteiger partial charge on any atom is -0.372 e. The third-order valence-electron chi connectivity index (χ3n) is 3.56. The van der Waals surface area contributed by atoms with Crippen molar-refractivity contribution in [2.75, 3.05) is 0 Å². The molecule has 0 aromatic rings. The maximum Gasteiger partial charge on any atom is 0.0734 e. The van der Waals surface area contributed by atoms with Gasteiger partial charge >= 0.3 is 0 Å². The molecule has 0 saturated carbocycles. The minimum atomic E-state index is 0.202. The van der Waals surface area contributed by atoms with E-state index in [1.54, 1.807) is 5.57 Å². The summed E-state index contributed by atoms with van der Waals surface area (Å²) in [5.41, 5.74) is 3.40. The summed E-state index contributed by atoms with van der Waals surface area (Å²) in [5.74, 6) is 0. The monoisotopic (exact) mass is 236 g/mol. The summed E-state index contributed by atoms with van der Waals surface area (Å²) in [7, 11) is 0. The Morgan fingerprint density at radius 2 is 1.88 bits per heavy atom. The van der Waals surface area contributed by atoms with E-state index >= 15 is 0 Å². The lowest BCUT2D eigenvalue weighted by molar-refractivity contribution is 0.0460. The second kappa shape index (κ2) is 5.86. The fourth-order valence-corrected chi connectivity index (χ4v) is 2.72. The van der Waals surface area contributed by atoms with Crippen LogP contribution < -0.4 is 0 Å². The Morgan fingerprint density at radius 3 is 2.41 bits per heavy atom. The predicted molar refractivity (Wildman–Crippen MR) is 75.2 cm³/mol. The molecular weight excluding hydrogens is 208 g/mol. The number of ether oxygens (including phenoxy) is 1. The van der Waals surface area contributed by atoms with Gasteiger partial charge in [0.2, 0.25) is 0 Å². The van der Waals surface area contributed by atoms with Crippen molar-refractivity contribution in [3.63, 3.8) is 0 Å². The van der Waals surface area contributed by atoms with Crippen LogP contribution in [-0.2, 0) is 4.74 Å². The molecule has 1 rings (SSSR count). The third-order valence-corrected chi connectivity index (χ3v) is 3.56. The van der Waals surface area contributed by atoms with Crippen LogP contribution in [0.25, 0.3) is 0 Å². The van der Waals surface area contributed by atoms with Crippen molar-refractivity contribution in [3.05, 3.63) is 23.3 Å². The van der Waals surface area contributed by atoms with Crippen LogP contribution in [0.2, 0.25) is 0 Å². The second-order valence-corrected chi connectivity index (χ2v) is 6.18. The van der Waals surface area contributed by atoms with Crippen LogP contribution in [0.3, 0.4) is 0 Å². The van der Waals surface area contributed by atoms with Gasteiger partial charge in [0.1, 0.15) is 0 Å². The van der Waals surface area contributed by atoms with E-state index < -0.39 is 0 Å². The molecule has 0 aliphatic heterocycles. The first-order chi connectivity index (χ1) is 7.83. The van der Waals surface area contributed by atoms with E-state index in [1.807, 2.05) is 0 Å². The Bertz CT molecular complexity index is 307. The lowest BCUT2D eigenvalue weighted by Gasteiger charge is -2.33. The molecule has 0 saturated heterocycles. The van der Waals surface area contributed by atoms with Crippen LogP contribution in [0, 0.1) is 5.41 Å². The van der Waals surface area contributed by atoms with E-state index in [0.717, 1.165) is 0 Å². The average Bonchev–Trinajstić information content (AvgIpc) is 2.14. The first-order valence-electron chi connectivity index (χ1n) is 6.87. The summed E-state index contributed by atoms with van der Waals surface area (Å²) in [5, 5.41) is 0. The van der Waals surface area contributed by atoms with Gasteiger partial charge in [-0.3, -0.25) is 0 Å². The molecular formula is C16H28O. The molecule has 1 heteroatoms. The molecule has 1 aliphatic carbocycles. The summed E-state index contributed by atoms with van der Waals surface area (Å²) < 4.78 is 5.74. The van der Waals surface area contributed by atoms with Crippen molar-refractivity contribution in [2.24, 2.45) is 5.41 Å². The van der Waals surface area contributed by atoms with Crippen molar-refractivity contribution >= 4 is 0 Å². The van der Waals surface area contributed by atoms with E-state index in [9.17, 15) is 0 Å². The van der Waals surface area contributed by atoms with Gasteiger partial charge in [0, 0.05) is 0 Å². The Morgan fingerprint density at radius 1 is 1.24 bits per heavy atom. The average molecular weight is 236 g/mol. The molecule has 0 N–H and O–H groups in total. The number of rotatable bonds is 4. The summed E-state index contributed by atoms with van der Waals surface area (Å²) in [6.45, 7) is 13.3. The van der Waals surface area contributed by atoms with E-state index in [2.05, 4.69) is 53.7 Å². The first-order valence-corrected chi connectivity index (χ1v) is 6.87. The van der Waals surface area contributed by atoms with Crippen molar-refractivity contribution < 1.29 is 4.74 Å². The first kappa shape index (κ1) is 14.5. The largest absolute Gasteiger partial charge is 0.372 e. The quantitative estimate of drug-likeness (QED) is 0.675. The van der Waals surface area contributed by atoms with Gasteiger partial charge in [-0.05, 0) is 57.9 Å². The van der Waals surface area contributed by atoms with E-state index in [1.165, 1.54) is 24.8 Å². The standard InChI is InChI=1S/C16H28O/c1-12(2)17-14(4)9-10-15-13(3)8-7-11-16(15,5)6/h9-10,12,14H,7-8,11H2,1-6H3/b10-9+. The maximum atomic E-state index is 5.74. The molecule has 98 valence electrons. The lowest BCUT2D eigenvalue weighted by Crippen LogP contribution is -2.19. The highest BCUT2D eigenvalue weighted by atomic mass is 16.5. The number of allylic oxidation sites excluding steroid dienone is 3. The molecule has 1 nitrogen and oxygen atoms in total. The SMILES string of the molecule is CC1=C(/C=C/C(C)OC(C)C)C(C)(C)CCC1. The molecule has 0 spiro atoms. The second-order valence-electron chi connectivity index (χ2n) is 6.18. The smallest absolute Gasteiger partial charge is 0.0734 e. The van der Waals surface area contributed by atoms with Gasteiger partial charge < -0.3 is 4.74 Å². The highest BCUT2D eigenvalue weighted by Crippen LogP contribution is 2.40. The molecule has 0 aromatic carbocycles. The topological polar surface area (TPSA) is 9.23 Å². The third kappa shape index (κ3) is 4.31. The van der Waals surface area contributed by atoms with Gasteiger partial charge in [0.05, 0.1) is 12.2 Å². The molecule has 1 atom stereocenters. The van der Waals surface area contributed by atoms with Gasteiger partial charge in [-0.1, -0.05) is 31.6 Å². The zero-order chi connectivity index (χ0) is 13.1. The minimum absolute atomic E-state index is 0.202. The number of hydrogen-bond acceptors (Lipinski definition) is 1. The molecule has 1 aliphatic rings. The Kier molecular flexibility index (Phi) is 5.00. The molecule has 0 heterocycles. The zero-order valence-electron chi connectivity index (χ0n) is 12.3. The zero-order valence-corrected chi connectivity index (χ0v) is 12.3. The molecule has 0 radical (unpaired) electrons. The predicted octanol–water partition coefficient (Wildman–Crippen LogP) is 4.88. The highest BCUT2D eigenvalue weighted by molar-refractivity contribution is 5.32. The molecule has 0 aromatic heterocycles.